The lowest BCUT2D eigenvalue weighted by Crippen LogP contribution is -2.40. The van der Waals surface area contributed by atoms with Crippen LogP contribution in [0.2, 0.25) is 0 Å². The topological polar surface area (TPSA) is 16.4 Å². The summed E-state index contributed by atoms with van der Waals surface area (Å²) in [7, 11) is 0. The van der Waals surface area contributed by atoms with Crippen molar-refractivity contribution in [3.05, 3.63) is 197 Å². The lowest BCUT2D eigenvalue weighted by atomic mass is 9.55. The second kappa shape index (κ2) is 9.82. The molecule has 0 atom stereocenters. The van der Waals surface area contributed by atoms with Crippen LogP contribution in [0.4, 0.5) is 17.1 Å². The van der Waals surface area contributed by atoms with Crippen molar-refractivity contribution in [2.45, 2.75) is 24.7 Å². The van der Waals surface area contributed by atoms with Crippen LogP contribution in [0, 0.1) is 0 Å². The van der Waals surface area contributed by atoms with Crippen molar-refractivity contribution in [2.24, 2.45) is 0 Å². The van der Waals surface area contributed by atoms with E-state index in [1.807, 2.05) is 12.1 Å². The van der Waals surface area contributed by atoms with Crippen LogP contribution in [0.25, 0.3) is 33.1 Å². The molecule has 1 heterocycles. The molecule has 48 heavy (non-hydrogen) atoms. The van der Waals surface area contributed by atoms with Gasteiger partial charge in [0.05, 0.1) is 5.41 Å². The van der Waals surface area contributed by atoms with Crippen LogP contribution in [0.3, 0.4) is 0 Å². The minimum absolute atomic E-state index is 0.133. The molecule has 8 aromatic rings. The molecule has 228 valence electrons. The van der Waals surface area contributed by atoms with E-state index in [1.165, 1.54) is 44.5 Å². The lowest BCUT2D eigenvalue weighted by Gasteiger charge is -2.46. The van der Waals surface area contributed by atoms with Crippen molar-refractivity contribution >= 4 is 39.0 Å². The molecule has 0 saturated heterocycles. The quantitative estimate of drug-likeness (QED) is 0.197. The van der Waals surface area contributed by atoms with Gasteiger partial charge in [0.25, 0.3) is 0 Å². The van der Waals surface area contributed by atoms with Crippen LogP contribution in [-0.2, 0) is 10.8 Å². The number of rotatable bonds is 3. The smallest absolute Gasteiger partial charge is 0.137 e. The van der Waals surface area contributed by atoms with Gasteiger partial charge in [-0.05, 0) is 87.0 Å². The molecule has 0 unspecified atom stereocenters. The number of para-hydroxylation sites is 2. The molecule has 2 aliphatic rings. The number of anilines is 3. The third-order valence-electron chi connectivity index (χ3n) is 10.9. The highest BCUT2D eigenvalue weighted by Crippen LogP contribution is 2.62. The van der Waals surface area contributed by atoms with Gasteiger partial charge in [-0.2, -0.15) is 0 Å². The van der Waals surface area contributed by atoms with Gasteiger partial charge < -0.3 is 9.32 Å². The summed E-state index contributed by atoms with van der Waals surface area (Å²) >= 11 is 0. The second-order valence-electron chi connectivity index (χ2n) is 13.7. The highest BCUT2D eigenvalue weighted by molar-refractivity contribution is 6.06. The summed E-state index contributed by atoms with van der Waals surface area (Å²) < 4.78 is 6.39. The van der Waals surface area contributed by atoms with Crippen molar-refractivity contribution in [1.29, 1.82) is 0 Å². The zero-order valence-electron chi connectivity index (χ0n) is 26.9. The van der Waals surface area contributed by atoms with Crippen molar-refractivity contribution < 1.29 is 4.42 Å². The predicted molar refractivity (Wildman–Crippen MR) is 198 cm³/mol. The fourth-order valence-corrected chi connectivity index (χ4v) is 8.87. The molecule has 0 saturated carbocycles. The summed E-state index contributed by atoms with van der Waals surface area (Å²) in [4.78, 5) is 2.37. The number of benzene rings is 7. The van der Waals surface area contributed by atoms with Crippen molar-refractivity contribution in [3.63, 3.8) is 0 Å². The first-order valence-electron chi connectivity index (χ1n) is 16.8. The number of nitrogens with zero attached hydrogens (tertiary/aromatic N) is 1. The van der Waals surface area contributed by atoms with Gasteiger partial charge in [0.15, 0.2) is 0 Å². The maximum absolute atomic E-state index is 6.39. The molecule has 2 heteroatoms. The van der Waals surface area contributed by atoms with Crippen LogP contribution in [0.1, 0.15) is 47.2 Å². The molecule has 7 aromatic carbocycles. The Morgan fingerprint density at radius 3 is 1.69 bits per heavy atom. The Morgan fingerprint density at radius 1 is 0.396 bits per heavy atom. The Kier molecular flexibility index (Phi) is 5.58. The van der Waals surface area contributed by atoms with Crippen molar-refractivity contribution in [2.75, 3.05) is 4.90 Å². The van der Waals surface area contributed by atoms with Gasteiger partial charge in [-0.3, -0.25) is 0 Å². The Balaban J connectivity index is 1.27. The van der Waals surface area contributed by atoms with E-state index in [9.17, 15) is 0 Å². The second-order valence-corrected chi connectivity index (χ2v) is 13.7. The zero-order chi connectivity index (χ0) is 32.0. The summed E-state index contributed by atoms with van der Waals surface area (Å²) in [6, 6.07) is 60.0. The van der Waals surface area contributed by atoms with Crippen LogP contribution >= 0.6 is 0 Å². The van der Waals surface area contributed by atoms with Crippen LogP contribution in [-0.4, -0.2) is 0 Å². The number of fused-ring (bicyclic) bond motifs is 12. The van der Waals surface area contributed by atoms with Crippen LogP contribution < -0.4 is 4.90 Å². The van der Waals surface area contributed by atoms with Gasteiger partial charge in [0.1, 0.15) is 11.2 Å². The SMILES string of the molecule is CC1(C)c2ccccc2C2(c3ccccc3-c3ccc(N(c4ccccc4)c4ccc5c(c4)oc4ccccc45)cc32)c2ccccc21. The normalized spacial score (nSPS) is 14.8. The highest BCUT2D eigenvalue weighted by atomic mass is 16.3. The Morgan fingerprint density at radius 2 is 0.938 bits per heavy atom. The fraction of sp³-hybridized carbons (Fsp3) is 0.0870. The Labute approximate surface area is 280 Å². The van der Waals surface area contributed by atoms with Gasteiger partial charge in [0.2, 0.25) is 0 Å². The molecule has 2 aliphatic carbocycles. The fourth-order valence-electron chi connectivity index (χ4n) is 8.87. The van der Waals surface area contributed by atoms with E-state index in [4.69, 9.17) is 4.42 Å². The largest absolute Gasteiger partial charge is 0.456 e. The van der Waals surface area contributed by atoms with Crippen LogP contribution in [0.5, 0.6) is 0 Å². The maximum atomic E-state index is 6.39. The third-order valence-corrected chi connectivity index (χ3v) is 10.9. The number of hydrogen-bond acceptors (Lipinski definition) is 2. The summed E-state index contributed by atoms with van der Waals surface area (Å²) in [5, 5.41) is 2.27. The first-order valence-corrected chi connectivity index (χ1v) is 16.8. The third kappa shape index (κ3) is 3.52. The molecular weight excluding hydrogens is 583 g/mol. The van der Waals surface area contributed by atoms with E-state index in [2.05, 4.69) is 170 Å². The molecule has 1 spiro atoms. The van der Waals surface area contributed by atoms with Gasteiger partial charge in [-0.15, -0.1) is 0 Å². The minimum Gasteiger partial charge on any atom is -0.456 e. The zero-order valence-corrected chi connectivity index (χ0v) is 26.9. The molecule has 0 N–H and O–H groups in total. The number of furan rings is 1. The van der Waals surface area contributed by atoms with Gasteiger partial charge in [-0.25, -0.2) is 0 Å². The molecular formula is C46H33NO. The van der Waals surface area contributed by atoms with Gasteiger partial charge in [-0.1, -0.05) is 129 Å². The van der Waals surface area contributed by atoms with E-state index in [0.717, 1.165) is 39.0 Å². The predicted octanol–water partition coefficient (Wildman–Crippen LogP) is 12.1. The van der Waals surface area contributed by atoms with E-state index < -0.39 is 5.41 Å². The monoisotopic (exact) mass is 615 g/mol. The average molecular weight is 616 g/mol. The molecule has 1 aromatic heterocycles. The van der Waals surface area contributed by atoms with Gasteiger partial charge in [0, 0.05) is 39.3 Å². The molecule has 0 fully saturated rings. The number of hydrogen-bond donors (Lipinski definition) is 0. The van der Waals surface area contributed by atoms with E-state index in [0.29, 0.717) is 0 Å². The molecule has 0 radical (unpaired) electrons. The van der Waals surface area contributed by atoms with E-state index in [1.54, 1.807) is 0 Å². The first-order chi connectivity index (χ1) is 23.6. The van der Waals surface area contributed by atoms with Crippen molar-refractivity contribution in [1.82, 2.24) is 0 Å². The van der Waals surface area contributed by atoms with Crippen molar-refractivity contribution in [3.8, 4) is 11.1 Å². The van der Waals surface area contributed by atoms with Crippen LogP contribution in [0.15, 0.2) is 168 Å². The molecule has 0 aliphatic heterocycles. The Hall–Kier alpha value is -5.86. The summed E-state index contributed by atoms with van der Waals surface area (Å²) in [5.74, 6) is 0. The molecule has 0 bridgehead atoms. The van der Waals surface area contributed by atoms with E-state index >= 15 is 0 Å². The highest BCUT2D eigenvalue weighted by Gasteiger charge is 2.53. The Bertz CT molecular complexity index is 2500. The molecule has 10 rings (SSSR count). The summed E-state index contributed by atoms with van der Waals surface area (Å²) in [6.07, 6.45) is 0. The van der Waals surface area contributed by atoms with Gasteiger partial charge >= 0.3 is 0 Å². The minimum atomic E-state index is -0.449. The van der Waals surface area contributed by atoms with E-state index in [-0.39, 0.29) is 5.41 Å². The summed E-state index contributed by atoms with van der Waals surface area (Å²) in [6.45, 7) is 4.75. The first kappa shape index (κ1) is 27.3. The molecule has 2 nitrogen and oxygen atoms in total. The lowest BCUT2D eigenvalue weighted by molar-refractivity contribution is 0.563. The summed E-state index contributed by atoms with van der Waals surface area (Å²) in [5.41, 5.74) is 15.2. The maximum Gasteiger partial charge on any atom is 0.137 e. The standard InChI is InChI=1S/C46H33NO/c1-45(2)38-19-9-11-21-40(38)46(41-22-12-10-20-39(41)45)37-18-8-6-16-33(37)34-26-24-31(28-42(34)46)47(30-14-4-3-5-15-30)32-25-27-36-35-17-7-13-23-43(35)48-44(36)29-32/h3-29H,1-2H3. The average Bonchev–Trinajstić information content (AvgIpc) is 3.65. The molecule has 0 amide bonds.